The number of benzene rings is 2. The van der Waals surface area contributed by atoms with Gasteiger partial charge in [-0.1, -0.05) is 30.0 Å². The fourth-order valence-corrected chi connectivity index (χ4v) is 2.99. The SMILES string of the molecule is COc1cccc(Sc2ccc(CCCNC(=O)C(F)(F)F)cc2)c1. The van der Waals surface area contributed by atoms with Gasteiger partial charge in [0.2, 0.25) is 0 Å². The molecule has 0 spiro atoms. The standard InChI is InChI=1S/C18H18F3NO2S/c1-24-14-5-2-6-16(12-14)25-15-9-7-13(8-10-15)4-3-11-22-17(23)18(19,20)21/h2,5-10,12H,3-4,11H2,1H3,(H,22,23). The van der Waals surface area contributed by atoms with Crippen LogP contribution in [-0.2, 0) is 11.2 Å². The molecule has 1 amide bonds. The molecule has 0 bridgehead atoms. The van der Waals surface area contributed by atoms with Crippen molar-refractivity contribution < 1.29 is 22.7 Å². The number of hydrogen-bond donors (Lipinski definition) is 1. The van der Waals surface area contributed by atoms with Crippen LogP contribution >= 0.6 is 11.8 Å². The number of methoxy groups -OCH3 is 1. The summed E-state index contributed by atoms with van der Waals surface area (Å²) in [6.07, 6.45) is -3.77. The van der Waals surface area contributed by atoms with Gasteiger partial charge in [0.25, 0.3) is 0 Å². The van der Waals surface area contributed by atoms with E-state index in [2.05, 4.69) is 0 Å². The Bertz CT molecular complexity index is 702. The molecule has 2 aromatic rings. The van der Waals surface area contributed by atoms with Gasteiger partial charge in [0.15, 0.2) is 0 Å². The number of halogens is 3. The van der Waals surface area contributed by atoms with Crippen LogP contribution in [0.15, 0.2) is 58.3 Å². The topological polar surface area (TPSA) is 38.3 Å². The minimum Gasteiger partial charge on any atom is -0.497 e. The van der Waals surface area contributed by atoms with E-state index in [0.717, 1.165) is 21.1 Å². The molecule has 134 valence electrons. The number of hydrogen-bond acceptors (Lipinski definition) is 3. The Balaban J connectivity index is 1.80. The first-order valence-corrected chi connectivity index (χ1v) is 8.46. The Morgan fingerprint density at radius 3 is 2.48 bits per heavy atom. The van der Waals surface area contributed by atoms with Crippen LogP contribution in [0.3, 0.4) is 0 Å². The van der Waals surface area contributed by atoms with Crippen molar-refractivity contribution in [3.05, 3.63) is 54.1 Å². The molecule has 0 saturated heterocycles. The van der Waals surface area contributed by atoms with Gasteiger partial charge in [-0.3, -0.25) is 4.79 Å². The van der Waals surface area contributed by atoms with E-state index in [-0.39, 0.29) is 6.54 Å². The molecule has 0 atom stereocenters. The maximum absolute atomic E-state index is 12.0. The van der Waals surface area contributed by atoms with Crippen LogP contribution in [0.25, 0.3) is 0 Å². The second kappa shape index (κ2) is 8.80. The Hall–Kier alpha value is -2.15. The number of alkyl halides is 3. The van der Waals surface area contributed by atoms with Gasteiger partial charge in [0.05, 0.1) is 7.11 Å². The molecule has 0 radical (unpaired) electrons. The highest BCUT2D eigenvalue weighted by Crippen LogP contribution is 2.30. The van der Waals surface area contributed by atoms with Crippen molar-refractivity contribution in [1.82, 2.24) is 5.32 Å². The van der Waals surface area contributed by atoms with Gasteiger partial charge in [-0.05, 0) is 48.7 Å². The smallest absolute Gasteiger partial charge is 0.471 e. The van der Waals surface area contributed by atoms with Crippen molar-refractivity contribution in [2.45, 2.75) is 28.8 Å². The predicted octanol–water partition coefficient (Wildman–Crippen LogP) is 4.46. The van der Waals surface area contributed by atoms with Crippen LogP contribution in [0.2, 0.25) is 0 Å². The molecule has 3 nitrogen and oxygen atoms in total. The van der Waals surface area contributed by atoms with E-state index in [1.165, 1.54) is 0 Å². The van der Waals surface area contributed by atoms with Gasteiger partial charge < -0.3 is 10.1 Å². The van der Waals surface area contributed by atoms with Crippen LogP contribution in [-0.4, -0.2) is 25.7 Å². The normalized spacial score (nSPS) is 11.2. The second-order valence-corrected chi connectivity index (χ2v) is 6.43. The Kier molecular flexibility index (Phi) is 6.75. The fraction of sp³-hybridized carbons (Fsp3) is 0.278. The molecule has 0 aliphatic carbocycles. The van der Waals surface area contributed by atoms with Crippen molar-refractivity contribution >= 4 is 17.7 Å². The predicted molar refractivity (Wildman–Crippen MR) is 90.9 cm³/mol. The second-order valence-electron chi connectivity index (χ2n) is 5.28. The molecule has 0 saturated carbocycles. The van der Waals surface area contributed by atoms with Crippen LogP contribution in [0.1, 0.15) is 12.0 Å². The molecule has 1 N–H and O–H groups in total. The van der Waals surface area contributed by atoms with Gasteiger partial charge in [-0.25, -0.2) is 0 Å². The van der Waals surface area contributed by atoms with Crippen molar-refractivity contribution in [2.75, 3.05) is 13.7 Å². The molecule has 0 aromatic heterocycles. The number of ether oxygens (including phenoxy) is 1. The third-order valence-corrected chi connectivity index (χ3v) is 4.38. The fourth-order valence-electron chi connectivity index (χ4n) is 2.12. The highest BCUT2D eigenvalue weighted by Gasteiger charge is 2.38. The first kappa shape index (κ1) is 19.2. The Labute approximate surface area is 148 Å². The first-order chi connectivity index (χ1) is 11.9. The number of aryl methyl sites for hydroxylation is 1. The van der Waals surface area contributed by atoms with Crippen molar-refractivity contribution in [2.24, 2.45) is 0 Å². The summed E-state index contributed by atoms with van der Waals surface area (Å²) >= 11 is 1.60. The summed E-state index contributed by atoms with van der Waals surface area (Å²) < 4.78 is 41.3. The first-order valence-electron chi connectivity index (χ1n) is 7.64. The monoisotopic (exact) mass is 369 g/mol. The molecule has 7 heteroatoms. The highest BCUT2D eigenvalue weighted by molar-refractivity contribution is 7.99. The number of nitrogens with one attached hydrogen (secondary N) is 1. The molecule has 0 unspecified atom stereocenters. The summed E-state index contributed by atoms with van der Waals surface area (Å²) in [5.41, 5.74) is 1.01. The zero-order valence-corrected chi connectivity index (χ0v) is 14.4. The summed E-state index contributed by atoms with van der Waals surface area (Å²) in [5, 5.41) is 1.87. The van der Waals surface area contributed by atoms with Gasteiger partial charge in [-0.15, -0.1) is 0 Å². The number of rotatable bonds is 7. The number of carbonyl (C=O) groups excluding carboxylic acids is 1. The largest absolute Gasteiger partial charge is 0.497 e. The van der Waals surface area contributed by atoms with E-state index >= 15 is 0 Å². The lowest BCUT2D eigenvalue weighted by molar-refractivity contribution is -0.173. The molecule has 0 heterocycles. The molecular formula is C18H18F3NO2S. The zero-order valence-electron chi connectivity index (χ0n) is 13.6. The summed E-state index contributed by atoms with van der Waals surface area (Å²) in [6.45, 7) is -0.00133. The van der Waals surface area contributed by atoms with E-state index in [0.29, 0.717) is 12.8 Å². The Morgan fingerprint density at radius 1 is 1.12 bits per heavy atom. The third kappa shape index (κ3) is 6.34. The van der Waals surface area contributed by atoms with Crippen LogP contribution < -0.4 is 10.1 Å². The maximum atomic E-state index is 12.0. The summed E-state index contributed by atoms with van der Waals surface area (Å²) in [5.74, 6) is -1.10. The number of amides is 1. The van der Waals surface area contributed by atoms with E-state index in [1.807, 2.05) is 53.8 Å². The van der Waals surface area contributed by atoms with Crippen molar-refractivity contribution in [1.29, 1.82) is 0 Å². The molecule has 0 aliphatic rings. The lowest BCUT2D eigenvalue weighted by atomic mass is 10.1. The molecule has 25 heavy (non-hydrogen) atoms. The van der Waals surface area contributed by atoms with E-state index in [9.17, 15) is 18.0 Å². The van der Waals surface area contributed by atoms with Gasteiger partial charge >= 0.3 is 12.1 Å². The summed E-state index contributed by atoms with van der Waals surface area (Å²) in [7, 11) is 1.62. The maximum Gasteiger partial charge on any atom is 0.471 e. The molecule has 0 fully saturated rings. The van der Waals surface area contributed by atoms with Crippen LogP contribution in [0.4, 0.5) is 13.2 Å². The highest BCUT2D eigenvalue weighted by atomic mass is 32.2. The minimum absolute atomic E-state index is 0.00133. The van der Waals surface area contributed by atoms with Crippen LogP contribution in [0.5, 0.6) is 5.75 Å². The van der Waals surface area contributed by atoms with Crippen LogP contribution in [0, 0.1) is 0 Å². The molecule has 2 aromatic carbocycles. The summed E-state index contributed by atoms with van der Waals surface area (Å²) in [6, 6.07) is 15.5. The van der Waals surface area contributed by atoms with Gasteiger partial charge in [-0.2, -0.15) is 13.2 Å². The van der Waals surface area contributed by atoms with E-state index in [1.54, 1.807) is 18.9 Å². The molecule has 0 aliphatic heterocycles. The lowest BCUT2D eigenvalue weighted by Gasteiger charge is -2.08. The quantitative estimate of drug-likeness (QED) is 0.733. The average molecular weight is 369 g/mol. The minimum atomic E-state index is -4.82. The van der Waals surface area contributed by atoms with E-state index < -0.39 is 12.1 Å². The molecule has 2 rings (SSSR count). The van der Waals surface area contributed by atoms with Crippen molar-refractivity contribution in [3.8, 4) is 5.75 Å². The molecular weight excluding hydrogens is 351 g/mol. The van der Waals surface area contributed by atoms with Crippen molar-refractivity contribution in [3.63, 3.8) is 0 Å². The average Bonchev–Trinajstić information content (AvgIpc) is 2.59. The third-order valence-electron chi connectivity index (χ3n) is 3.39. The Morgan fingerprint density at radius 2 is 1.84 bits per heavy atom. The van der Waals surface area contributed by atoms with Gasteiger partial charge in [0.1, 0.15) is 5.75 Å². The van der Waals surface area contributed by atoms with Gasteiger partial charge in [0, 0.05) is 16.3 Å². The summed E-state index contributed by atoms with van der Waals surface area (Å²) in [4.78, 5) is 12.8. The lowest BCUT2D eigenvalue weighted by Crippen LogP contribution is -2.37. The number of carbonyl (C=O) groups is 1. The van der Waals surface area contributed by atoms with E-state index in [4.69, 9.17) is 4.74 Å². The zero-order chi connectivity index (χ0) is 18.3.